The van der Waals surface area contributed by atoms with E-state index in [9.17, 15) is 0 Å². The first-order chi connectivity index (χ1) is 9.24. The Kier molecular flexibility index (Phi) is 13.6. The summed E-state index contributed by atoms with van der Waals surface area (Å²) in [5.74, 6) is 6.33. The third-order valence-corrected chi connectivity index (χ3v) is 8.84. The van der Waals surface area contributed by atoms with Crippen LogP contribution in [0, 0.1) is 0 Å². The van der Waals surface area contributed by atoms with Crippen molar-refractivity contribution >= 4 is 10.0 Å². The lowest BCUT2D eigenvalue weighted by Gasteiger charge is -2.41. The maximum Gasteiger partial charge on any atom is -0.0228 e. The molecule has 0 unspecified atom stereocenters. The zero-order valence-electron chi connectivity index (χ0n) is 14.3. The minimum absolute atomic E-state index is 0.263. The summed E-state index contributed by atoms with van der Waals surface area (Å²) in [6.45, 7) is 9.41. The highest BCUT2D eigenvalue weighted by Crippen LogP contribution is 2.51. The predicted octanol–water partition coefficient (Wildman–Crippen LogP) is 6.77. The van der Waals surface area contributed by atoms with Crippen LogP contribution in [0.2, 0.25) is 0 Å². The third kappa shape index (κ3) is 9.82. The second-order valence-corrected chi connectivity index (χ2v) is 10.2. The monoisotopic (exact) mass is 288 g/mol. The van der Waals surface area contributed by atoms with Crippen LogP contribution in [0.5, 0.6) is 0 Å². The van der Waals surface area contributed by atoms with Crippen LogP contribution in [0.4, 0.5) is 0 Å². The van der Waals surface area contributed by atoms with E-state index in [1.54, 1.807) is 23.0 Å². The number of unbranched alkanes of at least 4 members (excludes halogenated alkanes) is 6. The Morgan fingerprint density at radius 2 is 0.789 bits per heavy atom. The Bertz CT molecular complexity index is 155. The van der Waals surface area contributed by atoms with E-state index in [4.69, 9.17) is 0 Å². The van der Waals surface area contributed by atoms with Gasteiger partial charge in [0.05, 0.1) is 0 Å². The standard InChI is InChI=1S/C18H40S/c1-5-9-13-14-18-19(15-10-6-2,16-11-7-3)17-12-8-4/h5-18H2,1-4H3. The van der Waals surface area contributed by atoms with Crippen LogP contribution in [0.15, 0.2) is 0 Å². The van der Waals surface area contributed by atoms with Gasteiger partial charge in [-0.25, -0.2) is 10.0 Å². The molecule has 0 amide bonds. The van der Waals surface area contributed by atoms with Crippen molar-refractivity contribution in [2.75, 3.05) is 23.0 Å². The van der Waals surface area contributed by atoms with Gasteiger partial charge in [0.2, 0.25) is 0 Å². The third-order valence-electron chi connectivity index (χ3n) is 4.22. The molecule has 0 fully saturated rings. The van der Waals surface area contributed by atoms with Crippen molar-refractivity contribution in [2.24, 2.45) is 0 Å². The van der Waals surface area contributed by atoms with Crippen LogP contribution in [-0.4, -0.2) is 23.0 Å². The predicted molar refractivity (Wildman–Crippen MR) is 95.9 cm³/mol. The summed E-state index contributed by atoms with van der Waals surface area (Å²) in [4.78, 5) is 0. The highest BCUT2D eigenvalue weighted by Gasteiger charge is 2.21. The first kappa shape index (κ1) is 19.4. The SMILES string of the molecule is CCCCCCS(CCCC)(CCCC)CCCC. The molecule has 0 nitrogen and oxygen atoms in total. The molecule has 0 aromatic heterocycles. The molecule has 0 aromatic rings. The Morgan fingerprint density at radius 3 is 1.16 bits per heavy atom. The summed E-state index contributed by atoms with van der Waals surface area (Å²) in [7, 11) is -0.263. The molecular formula is C18H40S. The molecule has 1 heteroatoms. The first-order valence-electron chi connectivity index (χ1n) is 8.98. The van der Waals surface area contributed by atoms with Crippen LogP contribution in [0.25, 0.3) is 0 Å². The van der Waals surface area contributed by atoms with E-state index in [0.717, 1.165) is 0 Å². The van der Waals surface area contributed by atoms with Gasteiger partial charge in [0.25, 0.3) is 0 Å². The Balaban J connectivity index is 4.38. The second-order valence-electron chi connectivity index (χ2n) is 6.16. The molecule has 0 atom stereocenters. The number of rotatable bonds is 14. The fraction of sp³-hybridized carbons (Fsp3) is 1.00. The lowest BCUT2D eigenvalue weighted by molar-refractivity contribution is 0.702. The van der Waals surface area contributed by atoms with Crippen LogP contribution in [0.1, 0.15) is 91.9 Å². The molecule has 0 saturated heterocycles. The summed E-state index contributed by atoms with van der Waals surface area (Å²) >= 11 is 0. The second kappa shape index (κ2) is 13.3. The van der Waals surface area contributed by atoms with Gasteiger partial charge in [0.15, 0.2) is 0 Å². The van der Waals surface area contributed by atoms with Gasteiger partial charge in [-0.2, -0.15) is 0 Å². The van der Waals surface area contributed by atoms with Crippen LogP contribution in [0.3, 0.4) is 0 Å². The van der Waals surface area contributed by atoms with Crippen molar-refractivity contribution < 1.29 is 0 Å². The molecular weight excluding hydrogens is 248 g/mol. The first-order valence-corrected chi connectivity index (χ1v) is 11.3. The van der Waals surface area contributed by atoms with Crippen molar-refractivity contribution in [3.05, 3.63) is 0 Å². The molecule has 118 valence electrons. The minimum atomic E-state index is -0.263. The van der Waals surface area contributed by atoms with Gasteiger partial charge in [-0.15, -0.1) is 0 Å². The summed E-state index contributed by atoms with van der Waals surface area (Å²) in [6.07, 6.45) is 14.4. The molecule has 0 aromatic carbocycles. The molecule has 0 aliphatic carbocycles. The van der Waals surface area contributed by atoms with Crippen LogP contribution in [-0.2, 0) is 0 Å². The van der Waals surface area contributed by atoms with Gasteiger partial charge >= 0.3 is 0 Å². The molecule has 0 heterocycles. The largest absolute Gasteiger partial charge is 0.241 e. The summed E-state index contributed by atoms with van der Waals surface area (Å²) in [5.41, 5.74) is 0. The topological polar surface area (TPSA) is 0 Å². The van der Waals surface area contributed by atoms with Gasteiger partial charge in [0.1, 0.15) is 0 Å². The summed E-state index contributed by atoms with van der Waals surface area (Å²) < 4.78 is 0. The van der Waals surface area contributed by atoms with Gasteiger partial charge in [-0.1, -0.05) is 66.2 Å². The molecule has 0 saturated carbocycles. The normalized spacial score (nSPS) is 12.8. The van der Waals surface area contributed by atoms with Gasteiger partial charge in [-0.3, -0.25) is 0 Å². The highest BCUT2D eigenvalue weighted by molar-refractivity contribution is 8.33. The van der Waals surface area contributed by atoms with E-state index in [1.165, 1.54) is 64.2 Å². The van der Waals surface area contributed by atoms with Crippen molar-refractivity contribution in [1.82, 2.24) is 0 Å². The van der Waals surface area contributed by atoms with E-state index in [-0.39, 0.29) is 10.0 Å². The smallest absolute Gasteiger partial charge is 0.0228 e. The minimum Gasteiger partial charge on any atom is -0.241 e. The van der Waals surface area contributed by atoms with E-state index < -0.39 is 0 Å². The zero-order valence-corrected chi connectivity index (χ0v) is 15.1. The molecule has 0 spiro atoms. The van der Waals surface area contributed by atoms with Crippen LogP contribution < -0.4 is 0 Å². The Hall–Kier alpha value is 0.350. The van der Waals surface area contributed by atoms with Crippen molar-refractivity contribution in [1.29, 1.82) is 0 Å². The van der Waals surface area contributed by atoms with Gasteiger partial charge in [-0.05, 0) is 48.7 Å². The summed E-state index contributed by atoms with van der Waals surface area (Å²) in [5, 5.41) is 0. The highest BCUT2D eigenvalue weighted by atomic mass is 32.3. The lowest BCUT2D eigenvalue weighted by Crippen LogP contribution is -2.18. The number of hydrogen-bond donors (Lipinski definition) is 0. The average Bonchev–Trinajstić information content (AvgIpc) is 2.44. The Morgan fingerprint density at radius 1 is 0.421 bits per heavy atom. The molecule has 0 bridgehead atoms. The van der Waals surface area contributed by atoms with Crippen molar-refractivity contribution in [3.8, 4) is 0 Å². The van der Waals surface area contributed by atoms with Gasteiger partial charge in [0, 0.05) is 0 Å². The lowest BCUT2D eigenvalue weighted by atomic mass is 10.2. The van der Waals surface area contributed by atoms with Crippen molar-refractivity contribution in [2.45, 2.75) is 91.9 Å². The molecule has 0 aliphatic heterocycles. The molecule has 0 N–H and O–H groups in total. The molecule has 0 rings (SSSR count). The van der Waals surface area contributed by atoms with E-state index in [2.05, 4.69) is 27.7 Å². The van der Waals surface area contributed by atoms with Gasteiger partial charge < -0.3 is 0 Å². The van der Waals surface area contributed by atoms with Crippen LogP contribution >= 0.6 is 10.0 Å². The summed E-state index contributed by atoms with van der Waals surface area (Å²) in [6, 6.07) is 0. The van der Waals surface area contributed by atoms with E-state index in [1.807, 2.05) is 0 Å². The maximum absolute atomic E-state index is 2.36. The van der Waals surface area contributed by atoms with E-state index in [0.29, 0.717) is 0 Å². The zero-order chi connectivity index (χ0) is 14.4. The van der Waals surface area contributed by atoms with E-state index >= 15 is 0 Å². The van der Waals surface area contributed by atoms with Crippen molar-refractivity contribution in [3.63, 3.8) is 0 Å². The fourth-order valence-corrected chi connectivity index (χ4v) is 7.54. The fourth-order valence-electron chi connectivity index (χ4n) is 2.80. The average molecular weight is 289 g/mol. The molecule has 0 radical (unpaired) electrons. The number of hydrogen-bond acceptors (Lipinski definition) is 0. The molecule has 19 heavy (non-hydrogen) atoms. The Labute approximate surface area is 125 Å². The molecule has 0 aliphatic rings. The maximum atomic E-state index is 2.36. The quantitative estimate of drug-likeness (QED) is 0.309.